The highest BCUT2D eigenvalue weighted by atomic mass is 35.5. The Morgan fingerprint density at radius 1 is 1.25 bits per heavy atom. The summed E-state index contributed by atoms with van der Waals surface area (Å²) in [6, 6.07) is 5.90. The number of hydrogen-bond donors (Lipinski definition) is 1. The zero-order valence-electron chi connectivity index (χ0n) is 11.5. The summed E-state index contributed by atoms with van der Waals surface area (Å²) in [6.07, 6.45) is 1.98. The molecule has 0 atom stereocenters. The quantitative estimate of drug-likeness (QED) is 0.796. The van der Waals surface area contributed by atoms with Crippen LogP contribution < -0.4 is 5.32 Å². The minimum Gasteiger partial charge on any atom is -0.315 e. The fourth-order valence-electron chi connectivity index (χ4n) is 1.76. The second kappa shape index (κ2) is 7.36. The van der Waals surface area contributed by atoms with Crippen molar-refractivity contribution in [2.24, 2.45) is 0 Å². The molecule has 108 valence electrons. The van der Waals surface area contributed by atoms with Crippen molar-refractivity contribution in [2.75, 3.05) is 6.54 Å². The smallest absolute Gasteiger partial charge is 0.149 e. The van der Waals surface area contributed by atoms with E-state index in [0.29, 0.717) is 16.1 Å². The third-order valence-corrected chi connectivity index (χ3v) is 4.33. The van der Waals surface area contributed by atoms with Crippen LogP contribution in [0.2, 0.25) is 10.0 Å². The predicted molar refractivity (Wildman–Crippen MR) is 86.8 cm³/mol. The number of aryl methyl sites for hydroxylation is 1. The molecule has 6 heteroatoms. The van der Waals surface area contributed by atoms with Crippen molar-refractivity contribution >= 4 is 34.5 Å². The molecule has 0 bridgehead atoms. The second-order valence-electron chi connectivity index (χ2n) is 4.84. The third-order valence-electron chi connectivity index (χ3n) is 2.75. The van der Waals surface area contributed by atoms with Crippen LogP contribution in [0.15, 0.2) is 18.2 Å². The van der Waals surface area contributed by atoms with Gasteiger partial charge in [0.1, 0.15) is 10.0 Å². The van der Waals surface area contributed by atoms with Gasteiger partial charge in [-0.05, 0) is 31.2 Å². The van der Waals surface area contributed by atoms with E-state index in [1.165, 1.54) is 0 Å². The Kier molecular flexibility index (Phi) is 5.78. The van der Waals surface area contributed by atoms with Gasteiger partial charge in [-0.15, -0.1) is 10.2 Å². The first-order valence-electron chi connectivity index (χ1n) is 6.57. The van der Waals surface area contributed by atoms with Crippen LogP contribution in [0.25, 0.3) is 10.6 Å². The second-order valence-corrected chi connectivity index (χ2v) is 6.74. The van der Waals surface area contributed by atoms with E-state index in [2.05, 4.69) is 29.4 Å². The molecule has 1 heterocycles. The van der Waals surface area contributed by atoms with Gasteiger partial charge < -0.3 is 5.32 Å². The molecule has 1 N–H and O–H groups in total. The number of hydrogen-bond acceptors (Lipinski definition) is 4. The maximum Gasteiger partial charge on any atom is 0.149 e. The van der Waals surface area contributed by atoms with E-state index < -0.39 is 0 Å². The standard InChI is InChI=1S/C14H17Cl2N3S/c1-9(2)17-7-3-4-13-18-19-14(20-13)11-8-10(15)5-6-12(11)16/h5-6,8-9,17H,3-4,7H2,1-2H3. The molecular formula is C14H17Cl2N3S. The van der Waals surface area contributed by atoms with Gasteiger partial charge in [0, 0.05) is 23.0 Å². The number of nitrogens with zero attached hydrogens (tertiary/aromatic N) is 2. The Hall–Kier alpha value is -0.680. The molecule has 0 spiro atoms. The molecule has 0 aliphatic heterocycles. The molecule has 0 amide bonds. The SMILES string of the molecule is CC(C)NCCCc1nnc(-c2cc(Cl)ccc2Cl)s1. The van der Waals surface area contributed by atoms with Gasteiger partial charge in [0.2, 0.25) is 0 Å². The molecule has 0 unspecified atom stereocenters. The maximum atomic E-state index is 6.17. The molecule has 3 nitrogen and oxygen atoms in total. The lowest BCUT2D eigenvalue weighted by atomic mass is 10.2. The maximum absolute atomic E-state index is 6.17. The van der Waals surface area contributed by atoms with Crippen LogP contribution in [0.1, 0.15) is 25.3 Å². The van der Waals surface area contributed by atoms with Crippen molar-refractivity contribution in [1.82, 2.24) is 15.5 Å². The summed E-state index contributed by atoms with van der Waals surface area (Å²) in [4.78, 5) is 0. The summed E-state index contributed by atoms with van der Waals surface area (Å²) in [5, 5.41) is 15.0. The van der Waals surface area contributed by atoms with Gasteiger partial charge in [-0.25, -0.2) is 0 Å². The van der Waals surface area contributed by atoms with Crippen molar-refractivity contribution < 1.29 is 0 Å². The number of rotatable bonds is 6. The zero-order chi connectivity index (χ0) is 14.5. The van der Waals surface area contributed by atoms with Crippen LogP contribution in [0.3, 0.4) is 0 Å². The Balaban J connectivity index is 2.00. The van der Waals surface area contributed by atoms with Crippen LogP contribution in [-0.4, -0.2) is 22.8 Å². The van der Waals surface area contributed by atoms with E-state index >= 15 is 0 Å². The first-order valence-corrected chi connectivity index (χ1v) is 8.14. The summed E-state index contributed by atoms with van der Waals surface area (Å²) in [6.45, 7) is 5.28. The predicted octanol–water partition coefficient (Wildman–Crippen LogP) is 4.44. The lowest BCUT2D eigenvalue weighted by Crippen LogP contribution is -2.23. The summed E-state index contributed by atoms with van der Waals surface area (Å²) >= 11 is 13.7. The van der Waals surface area contributed by atoms with Gasteiger partial charge in [-0.3, -0.25) is 0 Å². The highest BCUT2D eigenvalue weighted by Gasteiger charge is 2.10. The van der Waals surface area contributed by atoms with Gasteiger partial charge in [0.05, 0.1) is 5.02 Å². The van der Waals surface area contributed by atoms with Gasteiger partial charge in [0.25, 0.3) is 0 Å². The van der Waals surface area contributed by atoms with Crippen molar-refractivity contribution in [3.8, 4) is 10.6 Å². The number of aromatic nitrogens is 2. The molecule has 0 fully saturated rings. The molecule has 0 aliphatic rings. The number of halogens is 2. The first kappa shape index (κ1) is 15.7. The van der Waals surface area contributed by atoms with Crippen LogP contribution in [0, 0.1) is 0 Å². The molecule has 0 aliphatic carbocycles. The molecule has 2 rings (SSSR count). The van der Waals surface area contributed by atoms with Crippen molar-refractivity contribution in [1.29, 1.82) is 0 Å². The highest BCUT2D eigenvalue weighted by molar-refractivity contribution is 7.14. The summed E-state index contributed by atoms with van der Waals surface area (Å²) in [7, 11) is 0. The first-order chi connectivity index (χ1) is 9.56. The van der Waals surface area contributed by atoms with Gasteiger partial charge in [0.15, 0.2) is 0 Å². The van der Waals surface area contributed by atoms with E-state index in [0.717, 1.165) is 35.0 Å². The lowest BCUT2D eigenvalue weighted by molar-refractivity contribution is 0.569. The minimum absolute atomic E-state index is 0.519. The monoisotopic (exact) mass is 329 g/mol. The topological polar surface area (TPSA) is 37.8 Å². The Labute approximate surface area is 133 Å². The van der Waals surface area contributed by atoms with Crippen molar-refractivity contribution in [3.63, 3.8) is 0 Å². The third kappa shape index (κ3) is 4.42. The van der Waals surface area contributed by atoms with Gasteiger partial charge in [-0.2, -0.15) is 0 Å². The highest BCUT2D eigenvalue weighted by Crippen LogP contribution is 2.32. The molecule has 0 radical (unpaired) electrons. The number of benzene rings is 1. The summed E-state index contributed by atoms with van der Waals surface area (Å²) in [5.41, 5.74) is 0.850. The fourth-order valence-corrected chi connectivity index (χ4v) is 3.10. The zero-order valence-corrected chi connectivity index (χ0v) is 13.8. The normalized spacial score (nSPS) is 11.2. The van der Waals surface area contributed by atoms with Gasteiger partial charge in [-0.1, -0.05) is 48.4 Å². The van der Waals surface area contributed by atoms with Gasteiger partial charge >= 0.3 is 0 Å². The van der Waals surface area contributed by atoms with Crippen LogP contribution in [0.5, 0.6) is 0 Å². The Morgan fingerprint density at radius 3 is 2.80 bits per heavy atom. The summed E-state index contributed by atoms with van der Waals surface area (Å²) < 4.78 is 0. The molecule has 1 aromatic carbocycles. The fraction of sp³-hybridized carbons (Fsp3) is 0.429. The molecule has 1 aromatic heterocycles. The van der Waals surface area contributed by atoms with Crippen LogP contribution in [0.4, 0.5) is 0 Å². The summed E-state index contributed by atoms with van der Waals surface area (Å²) in [5.74, 6) is 0. The van der Waals surface area contributed by atoms with Crippen LogP contribution in [-0.2, 0) is 6.42 Å². The molecule has 0 saturated carbocycles. The van der Waals surface area contributed by atoms with Crippen LogP contribution >= 0.6 is 34.5 Å². The number of nitrogens with one attached hydrogen (secondary N) is 1. The molecule has 20 heavy (non-hydrogen) atoms. The van der Waals surface area contributed by atoms with Crippen molar-refractivity contribution in [2.45, 2.75) is 32.7 Å². The van der Waals surface area contributed by atoms with E-state index in [-0.39, 0.29) is 0 Å². The van der Waals surface area contributed by atoms with E-state index in [1.54, 1.807) is 23.5 Å². The average Bonchev–Trinajstić information content (AvgIpc) is 2.86. The largest absolute Gasteiger partial charge is 0.315 e. The van der Waals surface area contributed by atoms with Crippen molar-refractivity contribution in [3.05, 3.63) is 33.3 Å². The Bertz CT molecular complexity index is 569. The molecule has 2 aromatic rings. The molecule has 0 saturated heterocycles. The lowest BCUT2D eigenvalue weighted by Gasteiger charge is -2.05. The average molecular weight is 330 g/mol. The minimum atomic E-state index is 0.519. The van der Waals surface area contributed by atoms with E-state index in [9.17, 15) is 0 Å². The molecular weight excluding hydrogens is 313 g/mol. The van der Waals surface area contributed by atoms with E-state index in [4.69, 9.17) is 23.2 Å². The van der Waals surface area contributed by atoms with E-state index in [1.807, 2.05) is 6.07 Å². The Morgan fingerprint density at radius 2 is 2.05 bits per heavy atom.